The van der Waals surface area contributed by atoms with E-state index in [-0.39, 0.29) is 6.54 Å². The Balaban J connectivity index is 1.97. The summed E-state index contributed by atoms with van der Waals surface area (Å²) in [5.41, 5.74) is 0.763. The van der Waals surface area contributed by atoms with Crippen LogP contribution in [0, 0.1) is 6.92 Å². The molecule has 2 N–H and O–H groups in total. The number of pyridine rings is 1. The molecule has 1 saturated heterocycles. The van der Waals surface area contributed by atoms with Gasteiger partial charge in [-0.1, -0.05) is 6.07 Å². The van der Waals surface area contributed by atoms with E-state index >= 15 is 0 Å². The molecule has 0 unspecified atom stereocenters. The summed E-state index contributed by atoms with van der Waals surface area (Å²) < 4.78 is 0. The third-order valence-electron chi connectivity index (χ3n) is 3.01. The number of aliphatic hydroxyl groups is 1. The van der Waals surface area contributed by atoms with Gasteiger partial charge in [-0.25, -0.2) is 4.98 Å². The van der Waals surface area contributed by atoms with Crippen molar-refractivity contribution in [2.24, 2.45) is 0 Å². The van der Waals surface area contributed by atoms with Gasteiger partial charge in [0.1, 0.15) is 5.82 Å². The van der Waals surface area contributed by atoms with Crippen LogP contribution < -0.4 is 5.32 Å². The van der Waals surface area contributed by atoms with E-state index < -0.39 is 17.9 Å². The minimum absolute atomic E-state index is 0.216. The molecule has 0 saturated carbocycles. The van der Waals surface area contributed by atoms with Crippen molar-refractivity contribution < 1.29 is 14.7 Å². The standard InChI is InChI=1S/C13H17N3O3/c1-9-4-2-6-11(14-9)15-12(18)13(19)16-7-3-5-10(17)8-16/h2,4,6,10,17H,3,5,7-8H2,1H3,(H,14,15,18)/t10-/m0/s1. The normalized spacial score (nSPS) is 19.1. The third-order valence-corrected chi connectivity index (χ3v) is 3.01. The van der Waals surface area contributed by atoms with E-state index in [1.165, 1.54) is 4.90 Å². The third kappa shape index (κ3) is 3.51. The molecule has 1 aliphatic rings. The van der Waals surface area contributed by atoms with Gasteiger partial charge in [-0.3, -0.25) is 9.59 Å². The van der Waals surface area contributed by atoms with Crippen molar-refractivity contribution in [2.45, 2.75) is 25.9 Å². The van der Waals surface area contributed by atoms with Crippen molar-refractivity contribution in [1.82, 2.24) is 9.88 Å². The summed E-state index contributed by atoms with van der Waals surface area (Å²) in [5, 5.41) is 12.0. The molecule has 1 aromatic rings. The second-order valence-corrected chi connectivity index (χ2v) is 4.67. The monoisotopic (exact) mass is 263 g/mol. The van der Waals surface area contributed by atoms with Crippen molar-refractivity contribution in [3.05, 3.63) is 23.9 Å². The number of β-amino-alcohol motifs (C(OH)–C–C–N with tert-alkyl or cyclic N) is 1. The van der Waals surface area contributed by atoms with Gasteiger partial charge in [-0.15, -0.1) is 0 Å². The Morgan fingerprint density at radius 1 is 1.47 bits per heavy atom. The highest BCUT2D eigenvalue weighted by molar-refractivity contribution is 6.39. The number of hydrogen-bond acceptors (Lipinski definition) is 4. The lowest BCUT2D eigenvalue weighted by Crippen LogP contribution is -2.46. The highest BCUT2D eigenvalue weighted by Crippen LogP contribution is 2.11. The molecule has 0 spiro atoms. The molecule has 0 aliphatic carbocycles. The van der Waals surface area contributed by atoms with Gasteiger partial charge in [0.05, 0.1) is 6.10 Å². The number of nitrogens with one attached hydrogen (secondary N) is 1. The van der Waals surface area contributed by atoms with E-state index in [4.69, 9.17) is 0 Å². The number of amides is 2. The number of likely N-dealkylation sites (tertiary alicyclic amines) is 1. The smallest absolute Gasteiger partial charge is 0.315 e. The number of piperidine rings is 1. The molecule has 6 nitrogen and oxygen atoms in total. The minimum Gasteiger partial charge on any atom is -0.391 e. The van der Waals surface area contributed by atoms with Gasteiger partial charge in [0.15, 0.2) is 0 Å². The molecule has 1 atom stereocenters. The van der Waals surface area contributed by atoms with E-state index in [2.05, 4.69) is 10.3 Å². The topological polar surface area (TPSA) is 82.5 Å². The molecule has 2 amide bonds. The molecule has 19 heavy (non-hydrogen) atoms. The molecular formula is C13H17N3O3. The van der Waals surface area contributed by atoms with Crippen LogP contribution in [-0.4, -0.2) is 46.0 Å². The minimum atomic E-state index is -0.716. The van der Waals surface area contributed by atoms with Crippen LogP contribution in [-0.2, 0) is 9.59 Å². The second-order valence-electron chi connectivity index (χ2n) is 4.67. The Hall–Kier alpha value is -1.95. The van der Waals surface area contributed by atoms with E-state index in [1.807, 2.05) is 0 Å². The Bertz CT molecular complexity index is 490. The summed E-state index contributed by atoms with van der Waals surface area (Å²) >= 11 is 0. The molecule has 6 heteroatoms. The van der Waals surface area contributed by atoms with Crippen LogP contribution in [0.2, 0.25) is 0 Å². The number of anilines is 1. The Labute approximate surface area is 111 Å². The first-order valence-corrected chi connectivity index (χ1v) is 6.28. The van der Waals surface area contributed by atoms with Crippen LogP contribution >= 0.6 is 0 Å². The number of rotatable bonds is 1. The largest absolute Gasteiger partial charge is 0.391 e. The van der Waals surface area contributed by atoms with Crippen molar-refractivity contribution >= 4 is 17.6 Å². The maximum atomic E-state index is 11.9. The number of aliphatic hydroxyl groups excluding tert-OH is 1. The van der Waals surface area contributed by atoms with Crippen LogP contribution in [0.4, 0.5) is 5.82 Å². The fourth-order valence-corrected chi connectivity index (χ4v) is 2.07. The maximum Gasteiger partial charge on any atom is 0.315 e. The average molecular weight is 263 g/mol. The van der Waals surface area contributed by atoms with Crippen molar-refractivity contribution in [1.29, 1.82) is 0 Å². The lowest BCUT2D eigenvalue weighted by molar-refractivity contribution is -0.145. The highest BCUT2D eigenvalue weighted by Gasteiger charge is 2.27. The van der Waals surface area contributed by atoms with Crippen molar-refractivity contribution in [3.8, 4) is 0 Å². The van der Waals surface area contributed by atoms with Gasteiger partial charge in [-0.05, 0) is 31.9 Å². The van der Waals surface area contributed by atoms with Gasteiger partial charge in [0.2, 0.25) is 0 Å². The predicted octanol–water partition coefficient (Wildman–Crippen LogP) is 0.312. The highest BCUT2D eigenvalue weighted by atomic mass is 16.3. The Morgan fingerprint density at radius 3 is 2.95 bits per heavy atom. The fourth-order valence-electron chi connectivity index (χ4n) is 2.07. The van der Waals surface area contributed by atoms with Gasteiger partial charge in [0.25, 0.3) is 0 Å². The van der Waals surface area contributed by atoms with E-state index in [1.54, 1.807) is 25.1 Å². The molecule has 0 bridgehead atoms. The van der Waals surface area contributed by atoms with E-state index in [0.29, 0.717) is 25.2 Å². The molecule has 2 heterocycles. The lowest BCUT2D eigenvalue weighted by atomic mass is 10.1. The summed E-state index contributed by atoms with van der Waals surface area (Å²) in [4.78, 5) is 29.2. The molecular weight excluding hydrogens is 246 g/mol. The predicted molar refractivity (Wildman–Crippen MR) is 69.4 cm³/mol. The first kappa shape index (κ1) is 13.5. The lowest BCUT2D eigenvalue weighted by Gasteiger charge is -2.29. The molecule has 102 valence electrons. The number of hydrogen-bond donors (Lipinski definition) is 2. The summed E-state index contributed by atoms with van der Waals surface area (Å²) in [6, 6.07) is 5.19. The summed E-state index contributed by atoms with van der Waals surface area (Å²) in [7, 11) is 0. The maximum absolute atomic E-state index is 11.9. The summed E-state index contributed by atoms with van der Waals surface area (Å²) in [5.74, 6) is -0.981. The number of carbonyl (C=O) groups is 2. The van der Waals surface area contributed by atoms with E-state index in [0.717, 1.165) is 5.69 Å². The Morgan fingerprint density at radius 2 is 2.26 bits per heavy atom. The molecule has 1 aliphatic heterocycles. The first-order valence-electron chi connectivity index (χ1n) is 6.28. The van der Waals surface area contributed by atoms with Crippen LogP contribution in [0.1, 0.15) is 18.5 Å². The zero-order chi connectivity index (χ0) is 13.8. The quantitative estimate of drug-likeness (QED) is 0.714. The van der Waals surface area contributed by atoms with Crippen LogP contribution in [0.3, 0.4) is 0 Å². The molecule has 0 aromatic carbocycles. The molecule has 1 fully saturated rings. The number of nitrogens with zero attached hydrogens (tertiary/aromatic N) is 2. The zero-order valence-corrected chi connectivity index (χ0v) is 10.8. The first-order chi connectivity index (χ1) is 9.06. The summed E-state index contributed by atoms with van der Waals surface area (Å²) in [6.45, 7) is 2.52. The van der Waals surface area contributed by atoms with Crippen molar-refractivity contribution in [2.75, 3.05) is 18.4 Å². The van der Waals surface area contributed by atoms with Crippen LogP contribution in [0.25, 0.3) is 0 Å². The summed E-state index contributed by atoms with van der Waals surface area (Å²) in [6.07, 6.45) is 0.843. The molecule has 2 rings (SSSR count). The number of aromatic nitrogens is 1. The second kappa shape index (κ2) is 5.79. The van der Waals surface area contributed by atoms with Gasteiger partial charge >= 0.3 is 11.8 Å². The van der Waals surface area contributed by atoms with Crippen LogP contribution in [0.15, 0.2) is 18.2 Å². The zero-order valence-electron chi connectivity index (χ0n) is 10.8. The molecule has 0 radical (unpaired) electrons. The number of carbonyl (C=O) groups excluding carboxylic acids is 2. The van der Waals surface area contributed by atoms with Gasteiger partial charge in [0, 0.05) is 18.8 Å². The average Bonchev–Trinajstić information content (AvgIpc) is 2.38. The van der Waals surface area contributed by atoms with Crippen molar-refractivity contribution in [3.63, 3.8) is 0 Å². The fraction of sp³-hybridized carbons (Fsp3) is 0.462. The van der Waals surface area contributed by atoms with E-state index in [9.17, 15) is 14.7 Å². The molecule has 1 aromatic heterocycles. The Kier molecular flexibility index (Phi) is 4.11. The SMILES string of the molecule is Cc1cccc(NC(=O)C(=O)N2CCC[C@H](O)C2)n1. The number of aryl methyl sites for hydroxylation is 1. The van der Waals surface area contributed by atoms with Gasteiger partial charge in [-0.2, -0.15) is 0 Å². The van der Waals surface area contributed by atoms with Crippen LogP contribution in [0.5, 0.6) is 0 Å². The van der Waals surface area contributed by atoms with Gasteiger partial charge < -0.3 is 15.3 Å².